The topological polar surface area (TPSA) is 9.23 Å². The third kappa shape index (κ3) is 5.71. The Labute approximate surface area is 180 Å². The maximum atomic E-state index is 14.6. The average molecular weight is 413 g/mol. The summed E-state index contributed by atoms with van der Waals surface area (Å²) < 4.78 is 34.4. The largest absolute Gasteiger partial charge is 0.490 e. The van der Waals surface area contributed by atoms with Gasteiger partial charge >= 0.3 is 0 Å². The molecule has 0 radical (unpaired) electrons. The monoisotopic (exact) mass is 412 g/mol. The molecule has 0 saturated heterocycles. The lowest BCUT2D eigenvalue weighted by Gasteiger charge is -2.28. The van der Waals surface area contributed by atoms with Crippen LogP contribution >= 0.6 is 0 Å². The number of hydrogen-bond acceptors (Lipinski definition) is 1. The predicted octanol–water partition coefficient (Wildman–Crippen LogP) is 8.44. The summed E-state index contributed by atoms with van der Waals surface area (Å²) in [5.74, 6) is -0.324. The Morgan fingerprint density at radius 3 is 2.37 bits per heavy atom. The number of hydrogen-bond donors (Lipinski definition) is 0. The number of benzene rings is 2. The predicted molar refractivity (Wildman–Crippen MR) is 121 cm³/mol. The molecular formula is C27H34F2O. The van der Waals surface area contributed by atoms with E-state index in [1.807, 2.05) is 19.1 Å². The molecule has 0 atom stereocenters. The smallest absolute Gasteiger partial charge is 0.201 e. The van der Waals surface area contributed by atoms with Gasteiger partial charge in [0, 0.05) is 5.56 Å². The van der Waals surface area contributed by atoms with Crippen LogP contribution in [-0.2, 0) is 0 Å². The van der Waals surface area contributed by atoms with Gasteiger partial charge in [0.05, 0.1) is 6.61 Å². The van der Waals surface area contributed by atoms with Crippen molar-refractivity contribution in [3.8, 4) is 16.9 Å². The lowest BCUT2D eigenvalue weighted by molar-refractivity contribution is 0.289. The Bertz CT molecular complexity index is 818. The van der Waals surface area contributed by atoms with E-state index in [1.54, 1.807) is 6.07 Å². The van der Waals surface area contributed by atoms with E-state index >= 15 is 0 Å². The summed E-state index contributed by atoms with van der Waals surface area (Å²) in [6.07, 6.45) is 13.6. The highest BCUT2D eigenvalue weighted by atomic mass is 19.2. The lowest BCUT2D eigenvalue weighted by Crippen LogP contribution is -2.13. The van der Waals surface area contributed by atoms with Crippen molar-refractivity contribution in [1.82, 2.24) is 0 Å². The van der Waals surface area contributed by atoms with E-state index in [2.05, 4.69) is 31.2 Å². The van der Waals surface area contributed by atoms with Crippen molar-refractivity contribution in [3.05, 3.63) is 65.7 Å². The van der Waals surface area contributed by atoms with Gasteiger partial charge in [0.1, 0.15) is 0 Å². The zero-order valence-electron chi connectivity index (χ0n) is 18.3. The Morgan fingerprint density at radius 1 is 0.967 bits per heavy atom. The van der Waals surface area contributed by atoms with Crippen LogP contribution < -0.4 is 4.74 Å². The molecule has 0 N–H and O–H groups in total. The highest BCUT2D eigenvalue weighted by Gasteiger charge is 2.22. The molecule has 2 aromatic carbocycles. The molecule has 1 aliphatic carbocycles. The molecule has 3 heteroatoms. The van der Waals surface area contributed by atoms with E-state index in [1.165, 1.54) is 50.2 Å². The molecule has 0 spiro atoms. The van der Waals surface area contributed by atoms with Gasteiger partial charge in [-0.25, -0.2) is 4.39 Å². The lowest BCUT2D eigenvalue weighted by atomic mass is 9.77. The fraction of sp³-hybridized carbons (Fsp3) is 0.481. The van der Waals surface area contributed by atoms with Crippen LogP contribution in [0.5, 0.6) is 5.75 Å². The highest BCUT2D eigenvalue weighted by molar-refractivity contribution is 5.65. The molecule has 1 fully saturated rings. The van der Waals surface area contributed by atoms with Gasteiger partial charge in [0.15, 0.2) is 11.6 Å². The molecule has 0 aromatic heterocycles. The molecule has 162 valence electrons. The van der Waals surface area contributed by atoms with Crippen LogP contribution in [0.3, 0.4) is 0 Å². The van der Waals surface area contributed by atoms with Gasteiger partial charge in [-0.1, -0.05) is 49.8 Å². The van der Waals surface area contributed by atoms with Gasteiger partial charge in [-0.15, -0.1) is 0 Å². The first kappa shape index (κ1) is 22.5. The number of ether oxygens (including phenoxy) is 1. The van der Waals surface area contributed by atoms with Gasteiger partial charge in [0.2, 0.25) is 5.82 Å². The van der Waals surface area contributed by atoms with Crippen LogP contribution in [0, 0.1) is 17.6 Å². The van der Waals surface area contributed by atoms with Crippen molar-refractivity contribution in [2.45, 2.75) is 71.1 Å². The second-order valence-electron chi connectivity index (χ2n) is 8.43. The molecule has 0 bridgehead atoms. The van der Waals surface area contributed by atoms with Crippen LogP contribution in [-0.4, -0.2) is 6.61 Å². The Morgan fingerprint density at radius 2 is 1.70 bits per heavy atom. The standard InChI is InChI=1S/C27H34F2O/c1-3-5-7-8-20-9-11-21(12-10-20)22-13-15-23(16-14-22)24-17-18-25(27(29)26(24)28)30-19-6-4-2/h3,5,13-18,20-21H,4,6-12,19H2,1-2H3/b5-3+. The number of halogens is 2. The van der Waals surface area contributed by atoms with Crippen molar-refractivity contribution in [2.75, 3.05) is 6.61 Å². The summed E-state index contributed by atoms with van der Waals surface area (Å²) in [5.41, 5.74) is 2.30. The van der Waals surface area contributed by atoms with E-state index in [0.717, 1.165) is 18.8 Å². The molecular weight excluding hydrogens is 378 g/mol. The zero-order chi connectivity index (χ0) is 21.3. The fourth-order valence-corrected chi connectivity index (χ4v) is 4.41. The minimum absolute atomic E-state index is 0.00694. The SMILES string of the molecule is C/C=C/CCC1CCC(c2ccc(-c3ccc(OCCCC)c(F)c3F)cc2)CC1. The first-order valence-electron chi connectivity index (χ1n) is 11.5. The average Bonchev–Trinajstić information content (AvgIpc) is 2.78. The van der Waals surface area contributed by atoms with Crippen LogP contribution in [0.15, 0.2) is 48.6 Å². The van der Waals surface area contributed by atoms with Crippen LogP contribution in [0.1, 0.15) is 76.7 Å². The highest BCUT2D eigenvalue weighted by Crippen LogP contribution is 2.38. The Hall–Kier alpha value is -2.16. The maximum absolute atomic E-state index is 14.6. The van der Waals surface area contributed by atoms with Crippen LogP contribution in [0.4, 0.5) is 8.78 Å². The quantitative estimate of drug-likeness (QED) is 0.296. The fourth-order valence-electron chi connectivity index (χ4n) is 4.41. The zero-order valence-corrected chi connectivity index (χ0v) is 18.3. The number of rotatable bonds is 9. The Balaban J connectivity index is 1.63. The maximum Gasteiger partial charge on any atom is 0.201 e. The molecule has 0 amide bonds. The molecule has 0 aliphatic heterocycles. The van der Waals surface area contributed by atoms with E-state index in [9.17, 15) is 8.78 Å². The summed E-state index contributed by atoms with van der Waals surface area (Å²) in [7, 11) is 0. The Kier molecular flexibility index (Phi) is 8.48. The molecule has 0 unspecified atom stereocenters. The van der Waals surface area contributed by atoms with Crippen LogP contribution in [0.25, 0.3) is 11.1 Å². The van der Waals surface area contributed by atoms with Crippen molar-refractivity contribution in [3.63, 3.8) is 0 Å². The van der Waals surface area contributed by atoms with E-state index in [-0.39, 0.29) is 11.3 Å². The molecule has 0 heterocycles. The van der Waals surface area contributed by atoms with Crippen molar-refractivity contribution < 1.29 is 13.5 Å². The number of allylic oxidation sites excluding steroid dienone is 2. The van der Waals surface area contributed by atoms with E-state index < -0.39 is 11.6 Å². The first-order chi connectivity index (χ1) is 14.6. The van der Waals surface area contributed by atoms with Gasteiger partial charge in [0.25, 0.3) is 0 Å². The van der Waals surface area contributed by atoms with Crippen molar-refractivity contribution in [1.29, 1.82) is 0 Å². The summed E-state index contributed by atoms with van der Waals surface area (Å²) in [4.78, 5) is 0. The summed E-state index contributed by atoms with van der Waals surface area (Å²) in [5, 5.41) is 0. The second kappa shape index (κ2) is 11.3. The van der Waals surface area contributed by atoms with Gasteiger partial charge < -0.3 is 4.74 Å². The minimum Gasteiger partial charge on any atom is -0.490 e. The van der Waals surface area contributed by atoms with Gasteiger partial charge in [-0.3, -0.25) is 0 Å². The third-order valence-electron chi connectivity index (χ3n) is 6.32. The molecule has 2 aromatic rings. The second-order valence-corrected chi connectivity index (χ2v) is 8.43. The van der Waals surface area contributed by atoms with E-state index in [0.29, 0.717) is 18.1 Å². The van der Waals surface area contributed by atoms with Crippen LogP contribution in [0.2, 0.25) is 0 Å². The summed E-state index contributed by atoms with van der Waals surface area (Å²) in [6, 6.07) is 11.2. The molecule has 1 nitrogen and oxygen atoms in total. The first-order valence-corrected chi connectivity index (χ1v) is 11.5. The normalized spacial score (nSPS) is 19.3. The van der Waals surface area contributed by atoms with Crippen molar-refractivity contribution in [2.24, 2.45) is 5.92 Å². The molecule has 30 heavy (non-hydrogen) atoms. The number of unbranched alkanes of at least 4 members (excludes halogenated alkanes) is 1. The molecule has 1 aliphatic rings. The van der Waals surface area contributed by atoms with Gasteiger partial charge in [-0.05, 0) is 87.0 Å². The van der Waals surface area contributed by atoms with Crippen molar-refractivity contribution >= 4 is 0 Å². The van der Waals surface area contributed by atoms with E-state index in [4.69, 9.17) is 4.74 Å². The minimum atomic E-state index is -0.899. The summed E-state index contributed by atoms with van der Waals surface area (Å²) in [6.45, 7) is 4.51. The third-order valence-corrected chi connectivity index (χ3v) is 6.32. The van der Waals surface area contributed by atoms with Gasteiger partial charge in [-0.2, -0.15) is 4.39 Å². The molecule has 1 saturated carbocycles. The molecule has 3 rings (SSSR count). The summed E-state index contributed by atoms with van der Waals surface area (Å²) >= 11 is 0.